The van der Waals surface area contributed by atoms with Crippen LogP contribution in [0, 0.1) is 0 Å². The number of carbonyl (C=O) groups is 1. The number of aromatic nitrogens is 4. The number of carbonyl (C=O) groups excluding carboxylic acids is 1. The van der Waals surface area contributed by atoms with Crippen molar-refractivity contribution in [3.05, 3.63) is 27.2 Å². The SMILES string of the molecule is Cn1nnc(C(=O)c2ccc(Cl)s2)n1. The number of hydrogen-bond acceptors (Lipinski definition) is 5. The predicted molar refractivity (Wildman–Crippen MR) is 51.6 cm³/mol. The maximum atomic E-state index is 11.6. The fourth-order valence-corrected chi connectivity index (χ4v) is 1.90. The van der Waals surface area contributed by atoms with Crippen LogP contribution in [0.4, 0.5) is 0 Å². The Morgan fingerprint density at radius 3 is 2.86 bits per heavy atom. The average molecular weight is 229 g/mol. The molecule has 0 bridgehead atoms. The highest BCUT2D eigenvalue weighted by Crippen LogP contribution is 2.22. The number of rotatable bonds is 2. The van der Waals surface area contributed by atoms with Crippen molar-refractivity contribution in [3.63, 3.8) is 0 Å². The molecule has 0 aliphatic rings. The van der Waals surface area contributed by atoms with Crippen LogP contribution >= 0.6 is 22.9 Å². The molecular formula is C7H5ClN4OS. The van der Waals surface area contributed by atoms with Crippen molar-refractivity contribution in [2.24, 2.45) is 7.05 Å². The monoisotopic (exact) mass is 228 g/mol. The molecule has 0 saturated carbocycles. The minimum absolute atomic E-state index is 0.0889. The van der Waals surface area contributed by atoms with E-state index in [1.165, 1.54) is 16.1 Å². The number of aryl methyl sites for hydroxylation is 1. The molecule has 0 N–H and O–H groups in total. The summed E-state index contributed by atoms with van der Waals surface area (Å²) in [6, 6.07) is 3.31. The molecule has 0 spiro atoms. The van der Waals surface area contributed by atoms with Crippen LogP contribution in [0.15, 0.2) is 12.1 Å². The molecule has 2 aromatic rings. The third kappa shape index (κ3) is 1.66. The van der Waals surface area contributed by atoms with Crippen LogP contribution in [0.5, 0.6) is 0 Å². The Labute approximate surface area is 88.3 Å². The lowest BCUT2D eigenvalue weighted by Gasteiger charge is -1.87. The molecule has 14 heavy (non-hydrogen) atoms. The normalized spacial score (nSPS) is 10.4. The van der Waals surface area contributed by atoms with Gasteiger partial charge in [0.25, 0.3) is 0 Å². The summed E-state index contributed by atoms with van der Waals surface area (Å²) < 4.78 is 0.567. The largest absolute Gasteiger partial charge is 0.284 e. The number of halogens is 1. The van der Waals surface area contributed by atoms with E-state index in [2.05, 4.69) is 15.4 Å². The number of ketones is 1. The number of thiophene rings is 1. The second-order valence-corrected chi connectivity index (χ2v) is 4.25. The first-order chi connectivity index (χ1) is 6.66. The van der Waals surface area contributed by atoms with Crippen LogP contribution in [-0.2, 0) is 7.05 Å². The van der Waals surface area contributed by atoms with Crippen LogP contribution in [0.1, 0.15) is 15.5 Å². The summed E-state index contributed by atoms with van der Waals surface area (Å²) in [5, 5.41) is 11.0. The Morgan fingerprint density at radius 2 is 2.36 bits per heavy atom. The predicted octanol–water partition coefficient (Wildman–Crippen LogP) is 1.16. The van der Waals surface area contributed by atoms with Gasteiger partial charge in [0.05, 0.1) is 16.3 Å². The van der Waals surface area contributed by atoms with Gasteiger partial charge in [-0.05, 0) is 17.3 Å². The highest BCUT2D eigenvalue weighted by atomic mass is 35.5. The molecule has 0 aromatic carbocycles. The van der Waals surface area contributed by atoms with Gasteiger partial charge >= 0.3 is 0 Å². The van der Waals surface area contributed by atoms with Gasteiger partial charge in [0.2, 0.25) is 11.6 Å². The summed E-state index contributed by atoms with van der Waals surface area (Å²) in [5.41, 5.74) is 0. The lowest BCUT2D eigenvalue weighted by atomic mass is 10.3. The molecule has 2 rings (SSSR count). The van der Waals surface area contributed by atoms with E-state index in [9.17, 15) is 4.79 Å². The third-order valence-corrected chi connectivity index (χ3v) is 2.74. The fourth-order valence-electron chi connectivity index (χ4n) is 0.922. The number of tetrazole rings is 1. The maximum Gasteiger partial charge on any atom is 0.246 e. The van der Waals surface area contributed by atoms with Crippen LogP contribution < -0.4 is 0 Å². The molecule has 0 aliphatic carbocycles. The molecule has 2 heterocycles. The molecule has 0 radical (unpaired) electrons. The van der Waals surface area contributed by atoms with Gasteiger partial charge < -0.3 is 0 Å². The van der Waals surface area contributed by atoms with Crippen LogP contribution in [0.2, 0.25) is 4.34 Å². The smallest absolute Gasteiger partial charge is 0.246 e. The quantitative estimate of drug-likeness (QED) is 0.724. The fraction of sp³-hybridized carbons (Fsp3) is 0.143. The van der Waals surface area contributed by atoms with Crippen molar-refractivity contribution in [2.45, 2.75) is 0 Å². The highest BCUT2D eigenvalue weighted by Gasteiger charge is 2.16. The molecule has 5 nitrogen and oxygen atoms in total. The summed E-state index contributed by atoms with van der Waals surface area (Å²) in [7, 11) is 1.60. The Bertz CT molecular complexity index is 435. The summed E-state index contributed by atoms with van der Waals surface area (Å²) in [4.78, 5) is 13.4. The zero-order valence-corrected chi connectivity index (χ0v) is 8.71. The third-order valence-electron chi connectivity index (χ3n) is 1.51. The Balaban J connectivity index is 2.33. The second-order valence-electron chi connectivity index (χ2n) is 2.54. The van der Waals surface area contributed by atoms with Gasteiger partial charge in [-0.2, -0.15) is 4.80 Å². The minimum atomic E-state index is -0.255. The van der Waals surface area contributed by atoms with Gasteiger partial charge in [0.1, 0.15) is 0 Å². The Kier molecular flexibility index (Phi) is 2.30. The first-order valence-electron chi connectivity index (χ1n) is 3.71. The lowest BCUT2D eigenvalue weighted by Crippen LogP contribution is -2.02. The molecule has 0 aliphatic heterocycles. The zero-order valence-electron chi connectivity index (χ0n) is 7.14. The van der Waals surface area contributed by atoms with Crippen molar-refractivity contribution in [1.82, 2.24) is 20.2 Å². The molecule has 0 saturated heterocycles. The van der Waals surface area contributed by atoms with Crippen LogP contribution in [0.3, 0.4) is 0 Å². The molecule has 2 aromatic heterocycles. The van der Waals surface area contributed by atoms with Crippen LogP contribution in [-0.4, -0.2) is 26.0 Å². The van der Waals surface area contributed by atoms with E-state index >= 15 is 0 Å². The Morgan fingerprint density at radius 1 is 1.57 bits per heavy atom. The molecule has 7 heteroatoms. The molecule has 72 valence electrons. The maximum absolute atomic E-state index is 11.6. The van der Waals surface area contributed by atoms with Gasteiger partial charge in [-0.1, -0.05) is 11.6 Å². The van der Waals surface area contributed by atoms with Gasteiger partial charge in [-0.25, -0.2) is 0 Å². The topological polar surface area (TPSA) is 60.7 Å². The van der Waals surface area contributed by atoms with E-state index < -0.39 is 0 Å². The number of hydrogen-bond donors (Lipinski definition) is 0. The summed E-state index contributed by atoms with van der Waals surface area (Å²) >= 11 is 6.90. The lowest BCUT2D eigenvalue weighted by molar-refractivity contribution is 0.103. The van der Waals surface area contributed by atoms with E-state index in [0.717, 1.165) is 0 Å². The van der Waals surface area contributed by atoms with Crippen molar-refractivity contribution < 1.29 is 4.79 Å². The van der Waals surface area contributed by atoms with Gasteiger partial charge in [-0.15, -0.1) is 21.5 Å². The van der Waals surface area contributed by atoms with Crippen LogP contribution in [0.25, 0.3) is 0 Å². The first-order valence-corrected chi connectivity index (χ1v) is 4.90. The van der Waals surface area contributed by atoms with E-state index in [-0.39, 0.29) is 11.6 Å². The minimum Gasteiger partial charge on any atom is -0.284 e. The van der Waals surface area contributed by atoms with Crippen molar-refractivity contribution in [1.29, 1.82) is 0 Å². The van der Waals surface area contributed by atoms with E-state index in [1.54, 1.807) is 19.2 Å². The summed E-state index contributed by atoms with van der Waals surface area (Å²) in [5.74, 6) is -0.166. The number of nitrogens with zero attached hydrogens (tertiary/aromatic N) is 4. The molecule has 0 amide bonds. The van der Waals surface area contributed by atoms with E-state index in [0.29, 0.717) is 9.21 Å². The van der Waals surface area contributed by atoms with Gasteiger partial charge in [0, 0.05) is 0 Å². The first kappa shape index (κ1) is 9.29. The molecule has 0 atom stereocenters. The second kappa shape index (κ2) is 3.47. The molecule has 0 unspecified atom stereocenters. The van der Waals surface area contributed by atoms with Gasteiger partial charge in [0.15, 0.2) is 0 Å². The molecule has 0 fully saturated rings. The van der Waals surface area contributed by atoms with Crippen molar-refractivity contribution >= 4 is 28.7 Å². The van der Waals surface area contributed by atoms with E-state index in [4.69, 9.17) is 11.6 Å². The summed E-state index contributed by atoms with van der Waals surface area (Å²) in [6.45, 7) is 0. The average Bonchev–Trinajstić information content (AvgIpc) is 2.73. The van der Waals surface area contributed by atoms with Gasteiger partial charge in [-0.3, -0.25) is 4.79 Å². The van der Waals surface area contributed by atoms with Crippen molar-refractivity contribution in [3.8, 4) is 0 Å². The summed E-state index contributed by atoms with van der Waals surface area (Å²) in [6.07, 6.45) is 0. The Hall–Kier alpha value is -1.27. The highest BCUT2D eigenvalue weighted by molar-refractivity contribution is 7.18. The van der Waals surface area contributed by atoms with Crippen molar-refractivity contribution in [2.75, 3.05) is 0 Å². The standard InChI is InChI=1S/C7H5ClN4OS/c1-12-10-7(9-11-12)6(13)4-2-3-5(8)14-4/h2-3H,1H3. The zero-order chi connectivity index (χ0) is 10.1. The molecular weight excluding hydrogens is 224 g/mol. The van der Waals surface area contributed by atoms with E-state index in [1.807, 2.05) is 0 Å².